The summed E-state index contributed by atoms with van der Waals surface area (Å²) in [4.78, 5) is 24.4. The fourth-order valence-corrected chi connectivity index (χ4v) is 3.28. The van der Waals surface area contributed by atoms with Gasteiger partial charge in [0.05, 0.1) is 17.7 Å². The number of anilines is 1. The number of aromatic nitrogens is 1. The van der Waals surface area contributed by atoms with Gasteiger partial charge in [0.15, 0.2) is 0 Å². The van der Waals surface area contributed by atoms with Gasteiger partial charge in [0, 0.05) is 29.6 Å². The Kier molecular flexibility index (Phi) is 2.13. The fourth-order valence-electron chi connectivity index (χ4n) is 3.28. The molecule has 102 valence electrons. The van der Waals surface area contributed by atoms with Crippen molar-refractivity contribution in [1.29, 1.82) is 0 Å². The summed E-state index contributed by atoms with van der Waals surface area (Å²) < 4.78 is 2.04. The molecule has 2 aromatic rings. The van der Waals surface area contributed by atoms with Gasteiger partial charge >= 0.3 is 6.09 Å². The van der Waals surface area contributed by atoms with Gasteiger partial charge in [-0.2, -0.15) is 0 Å². The topological polar surface area (TPSA) is 74.6 Å². The zero-order valence-electron chi connectivity index (χ0n) is 10.7. The van der Waals surface area contributed by atoms with E-state index in [2.05, 4.69) is 5.32 Å². The van der Waals surface area contributed by atoms with E-state index in [1.165, 1.54) is 4.90 Å². The van der Waals surface area contributed by atoms with E-state index >= 15 is 0 Å². The van der Waals surface area contributed by atoms with Crippen LogP contribution in [0.2, 0.25) is 0 Å². The summed E-state index contributed by atoms with van der Waals surface area (Å²) in [6.45, 7) is 1.19. The van der Waals surface area contributed by atoms with Crippen LogP contribution in [0.4, 0.5) is 10.5 Å². The first-order valence-electron chi connectivity index (χ1n) is 6.56. The lowest BCUT2D eigenvalue weighted by molar-refractivity contribution is -0.116. The van der Waals surface area contributed by atoms with Crippen molar-refractivity contribution in [2.24, 2.45) is 0 Å². The Morgan fingerprint density at radius 3 is 2.95 bits per heavy atom. The minimum atomic E-state index is -0.892. The van der Waals surface area contributed by atoms with E-state index in [0.29, 0.717) is 26.1 Å². The van der Waals surface area contributed by atoms with Gasteiger partial charge in [0.2, 0.25) is 5.91 Å². The van der Waals surface area contributed by atoms with Crippen LogP contribution in [-0.2, 0) is 24.3 Å². The van der Waals surface area contributed by atoms with Gasteiger partial charge in [-0.25, -0.2) is 4.79 Å². The summed E-state index contributed by atoms with van der Waals surface area (Å²) in [6, 6.07) is 5.78. The number of nitrogens with zero attached hydrogens (tertiary/aromatic N) is 2. The van der Waals surface area contributed by atoms with Crippen molar-refractivity contribution in [3.63, 3.8) is 0 Å². The molecule has 3 heterocycles. The molecule has 0 saturated carbocycles. The Hall–Kier alpha value is -2.50. The van der Waals surface area contributed by atoms with Crippen LogP contribution in [0.3, 0.4) is 0 Å². The number of para-hydroxylation sites is 1. The van der Waals surface area contributed by atoms with E-state index in [1.54, 1.807) is 0 Å². The number of hydrogen-bond acceptors (Lipinski definition) is 2. The van der Waals surface area contributed by atoms with Gasteiger partial charge in [0.1, 0.15) is 6.54 Å². The van der Waals surface area contributed by atoms with Gasteiger partial charge in [0.25, 0.3) is 0 Å². The first kappa shape index (κ1) is 11.3. The largest absolute Gasteiger partial charge is 0.465 e. The zero-order valence-corrected chi connectivity index (χ0v) is 10.7. The average Bonchev–Trinajstić information content (AvgIpc) is 2.74. The molecule has 0 radical (unpaired) electrons. The minimum Gasteiger partial charge on any atom is -0.465 e. The van der Waals surface area contributed by atoms with Gasteiger partial charge < -0.3 is 19.9 Å². The van der Waals surface area contributed by atoms with Crippen molar-refractivity contribution in [3.05, 3.63) is 29.5 Å². The van der Waals surface area contributed by atoms with Gasteiger partial charge in [-0.05, 0) is 6.07 Å². The predicted molar refractivity (Wildman–Crippen MR) is 72.7 cm³/mol. The lowest BCUT2D eigenvalue weighted by Crippen LogP contribution is -2.35. The van der Waals surface area contributed by atoms with Crippen LogP contribution >= 0.6 is 0 Å². The molecule has 1 aromatic carbocycles. The molecule has 0 atom stereocenters. The Morgan fingerprint density at radius 2 is 2.15 bits per heavy atom. The zero-order chi connectivity index (χ0) is 13.9. The SMILES string of the molecule is O=C1Cn2c3c(c4cccc(c42)N1)CN(C(=O)O)CC3. The monoisotopic (exact) mass is 271 g/mol. The van der Waals surface area contributed by atoms with E-state index < -0.39 is 6.09 Å². The van der Waals surface area contributed by atoms with Crippen LogP contribution in [0, 0.1) is 0 Å². The second-order valence-electron chi connectivity index (χ2n) is 5.22. The molecule has 4 rings (SSSR count). The molecular formula is C14H13N3O3. The van der Waals surface area contributed by atoms with Crippen LogP contribution in [-0.4, -0.2) is 33.1 Å². The third kappa shape index (κ3) is 1.39. The van der Waals surface area contributed by atoms with E-state index in [-0.39, 0.29) is 5.91 Å². The highest BCUT2D eigenvalue weighted by Gasteiger charge is 2.29. The minimum absolute atomic E-state index is 0.0240. The Balaban J connectivity index is 1.97. The normalized spacial score (nSPS) is 17.0. The first-order valence-corrected chi connectivity index (χ1v) is 6.56. The molecule has 0 bridgehead atoms. The van der Waals surface area contributed by atoms with E-state index in [9.17, 15) is 9.59 Å². The first-order chi connectivity index (χ1) is 9.65. The number of amides is 2. The standard InChI is InChI=1S/C14H13N3O3/c18-12-7-17-11-4-5-16(14(19)20)6-9(11)8-2-1-3-10(15-12)13(8)17/h1-3H,4-7H2,(H,15,18)(H,19,20). The number of fused-ring (bicyclic) bond motifs is 3. The summed E-state index contributed by atoms with van der Waals surface area (Å²) in [7, 11) is 0. The molecule has 0 unspecified atom stereocenters. The molecular weight excluding hydrogens is 258 g/mol. The summed E-state index contributed by atoms with van der Waals surface area (Å²) >= 11 is 0. The Labute approximate surface area is 114 Å². The number of rotatable bonds is 0. The Morgan fingerprint density at radius 1 is 1.30 bits per heavy atom. The number of carbonyl (C=O) groups excluding carboxylic acids is 1. The third-order valence-corrected chi connectivity index (χ3v) is 4.12. The maximum absolute atomic E-state index is 11.8. The second kappa shape index (κ2) is 3.75. The second-order valence-corrected chi connectivity index (χ2v) is 5.22. The van der Waals surface area contributed by atoms with Crippen molar-refractivity contribution in [3.8, 4) is 0 Å². The highest BCUT2D eigenvalue weighted by Crippen LogP contribution is 2.36. The maximum atomic E-state index is 11.8. The van der Waals surface area contributed by atoms with Crippen LogP contribution in [0.5, 0.6) is 0 Å². The van der Waals surface area contributed by atoms with Crippen molar-refractivity contribution >= 4 is 28.6 Å². The van der Waals surface area contributed by atoms with Crippen molar-refractivity contribution in [2.75, 3.05) is 11.9 Å². The van der Waals surface area contributed by atoms with Crippen LogP contribution < -0.4 is 5.32 Å². The average molecular weight is 271 g/mol. The number of carbonyl (C=O) groups is 2. The molecule has 6 heteroatoms. The Bertz CT molecular complexity index is 763. The highest BCUT2D eigenvalue weighted by molar-refractivity contribution is 6.06. The van der Waals surface area contributed by atoms with Gasteiger partial charge in [-0.1, -0.05) is 12.1 Å². The van der Waals surface area contributed by atoms with E-state index in [4.69, 9.17) is 5.11 Å². The van der Waals surface area contributed by atoms with E-state index in [0.717, 1.165) is 27.8 Å². The molecule has 0 saturated heterocycles. The van der Waals surface area contributed by atoms with Gasteiger partial charge in [-0.15, -0.1) is 0 Å². The molecule has 2 N–H and O–H groups in total. The molecule has 2 aliphatic rings. The third-order valence-electron chi connectivity index (χ3n) is 4.12. The molecule has 1 aromatic heterocycles. The predicted octanol–water partition coefficient (Wildman–Crippen LogP) is 1.63. The number of carboxylic acid groups (broad SMARTS) is 1. The van der Waals surface area contributed by atoms with Crippen molar-refractivity contribution < 1.29 is 14.7 Å². The maximum Gasteiger partial charge on any atom is 0.407 e. The molecule has 2 aliphatic heterocycles. The molecule has 0 fully saturated rings. The smallest absolute Gasteiger partial charge is 0.407 e. The lowest BCUT2D eigenvalue weighted by Gasteiger charge is -2.26. The van der Waals surface area contributed by atoms with Crippen LogP contribution in [0.15, 0.2) is 18.2 Å². The number of nitrogens with one attached hydrogen (secondary N) is 1. The molecule has 0 spiro atoms. The summed E-state index contributed by atoms with van der Waals surface area (Å²) in [5.41, 5.74) is 3.96. The number of hydrogen-bond donors (Lipinski definition) is 2. The quantitative estimate of drug-likeness (QED) is 0.764. The van der Waals surface area contributed by atoms with Crippen LogP contribution in [0.1, 0.15) is 11.3 Å². The van der Waals surface area contributed by atoms with Crippen molar-refractivity contribution in [1.82, 2.24) is 9.47 Å². The van der Waals surface area contributed by atoms with E-state index in [1.807, 2.05) is 22.8 Å². The molecule has 2 amide bonds. The van der Waals surface area contributed by atoms with Crippen molar-refractivity contribution in [2.45, 2.75) is 19.5 Å². The highest BCUT2D eigenvalue weighted by atomic mass is 16.4. The molecule has 0 aliphatic carbocycles. The molecule has 20 heavy (non-hydrogen) atoms. The number of benzene rings is 1. The van der Waals surface area contributed by atoms with Gasteiger partial charge in [-0.3, -0.25) is 4.79 Å². The lowest BCUT2D eigenvalue weighted by atomic mass is 10.0. The fraction of sp³-hybridized carbons (Fsp3) is 0.286. The summed E-state index contributed by atoms with van der Waals surface area (Å²) in [5.74, 6) is -0.0240. The van der Waals surface area contributed by atoms with Crippen LogP contribution in [0.25, 0.3) is 10.9 Å². The molecule has 6 nitrogen and oxygen atoms in total. The summed E-state index contributed by atoms with van der Waals surface area (Å²) in [6.07, 6.45) is -0.236. The summed E-state index contributed by atoms with van der Waals surface area (Å²) in [5, 5.41) is 13.1.